The second-order valence-electron chi connectivity index (χ2n) is 5.74. The third kappa shape index (κ3) is 4.44. The van der Waals surface area contributed by atoms with E-state index in [4.69, 9.17) is 9.47 Å². The van der Waals surface area contributed by atoms with E-state index in [1.54, 1.807) is 14.2 Å². The number of carbonyl (C=O) groups is 1. The third-order valence-electron chi connectivity index (χ3n) is 3.93. The van der Waals surface area contributed by atoms with E-state index in [0.29, 0.717) is 19.1 Å². The summed E-state index contributed by atoms with van der Waals surface area (Å²) >= 11 is 0. The van der Waals surface area contributed by atoms with E-state index in [-0.39, 0.29) is 17.4 Å². The number of methoxy groups -OCH3 is 2. The van der Waals surface area contributed by atoms with Crippen LogP contribution in [-0.4, -0.2) is 52.5 Å². The molecule has 0 aromatic carbocycles. The van der Waals surface area contributed by atoms with Gasteiger partial charge >= 0.3 is 0 Å². The van der Waals surface area contributed by atoms with Crippen LogP contribution in [-0.2, 0) is 14.3 Å². The lowest BCUT2D eigenvalue weighted by atomic mass is 9.78. The Balaban J connectivity index is 2.70. The molecule has 5 nitrogen and oxygen atoms in total. The van der Waals surface area contributed by atoms with Gasteiger partial charge in [0.2, 0.25) is 5.91 Å². The molecule has 0 saturated carbocycles. The molecule has 1 atom stereocenters. The van der Waals surface area contributed by atoms with E-state index < -0.39 is 0 Å². The molecular weight excluding hydrogens is 244 g/mol. The van der Waals surface area contributed by atoms with E-state index in [1.807, 2.05) is 0 Å². The van der Waals surface area contributed by atoms with Crippen LogP contribution in [0.2, 0.25) is 0 Å². The van der Waals surface area contributed by atoms with E-state index in [1.165, 1.54) is 0 Å². The molecule has 1 aliphatic heterocycles. The highest BCUT2D eigenvalue weighted by Crippen LogP contribution is 2.29. The van der Waals surface area contributed by atoms with Gasteiger partial charge in [0.25, 0.3) is 0 Å². The van der Waals surface area contributed by atoms with E-state index in [9.17, 15) is 4.79 Å². The molecule has 0 aromatic heterocycles. The second-order valence-corrected chi connectivity index (χ2v) is 5.74. The minimum atomic E-state index is -0.388. The monoisotopic (exact) mass is 272 g/mol. The van der Waals surface area contributed by atoms with Crippen LogP contribution in [0.15, 0.2) is 0 Å². The van der Waals surface area contributed by atoms with Crippen LogP contribution >= 0.6 is 0 Å². The second kappa shape index (κ2) is 7.82. The van der Waals surface area contributed by atoms with Crippen LogP contribution in [0.1, 0.15) is 26.7 Å². The molecule has 1 unspecified atom stereocenters. The molecule has 0 bridgehead atoms. The Morgan fingerprint density at radius 1 is 1.26 bits per heavy atom. The van der Waals surface area contributed by atoms with Crippen molar-refractivity contribution in [2.24, 2.45) is 11.3 Å². The van der Waals surface area contributed by atoms with Crippen molar-refractivity contribution in [3.63, 3.8) is 0 Å². The third-order valence-corrected chi connectivity index (χ3v) is 3.93. The standard InChI is InChI=1S/C14H28N2O3/c1-11(2)12(9-18-3)16-13(17)14(10-19-4)5-7-15-8-6-14/h11-12,15H,5-10H2,1-4H3,(H,16,17). The van der Waals surface area contributed by atoms with Gasteiger partial charge in [0.15, 0.2) is 0 Å². The minimum Gasteiger partial charge on any atom is -0.384 e. The molecule has 19 heavy (non-hydrogen) atoms. The summed E-state index contributed by atoms with van der Waals surface area (Å²) in [6.07, 6.45) is 1.65. The first kappa shape index (κ1) is 16.4. The lowest BCUT2D eigenvalue weighted by Crippen LogP contribution is -2.54. The van der Waals surface area contributed by atoms with Crippen molar-refractivity contribution >= 4 is 5.91 Å². The number of rotatable bonds is 7. The number of amides is 1. The van der Waals surface area contributed by atoms with Crippen LogP contribution in [0.5, 0.6) is 0 Å². The molecular formula is C14H28N2O3. The molecule has 112 valence electrons. The van der Waals surface area contributed by atoms with Crippen LogP contribution in [0.25, 0.3) is 0 Å². The van der Waals surface area contributed by atoms with Gasteiger partial charge in [-0.25, -0.2) is 0 Å². The maximum absolute atomic E-state index is 12.6. The Morgan fingerprint density at radius 2 is 1.89 bits per heavy atom. The van der Waals surface area contributed by atoms with Crippen molar-refractivity contribution in [2.45, 2.75) is 32.7 Å². The Hall–Kier alpha value is -0.650. The number of carbonyl (C=O) groups excluding carboxylic acids is 1. The molecule has 1 saturated heterocycles. The van der Waals surface area contributed by atoms with Crippen molar-refractivity contribution < 1.29 is 14.3 Å². The van der Waals surface area contributed by atoms with E-state index in [0.717, 1.165) is 25.9 Å². The molecule has 1 aliphatic rings. The summed E-state index contributed by atoms with van der Waals surface area (Å²) in [4.78, 5) is 12.6. The summed E-state index contributed by atoms with van der Waals surface area (Å²) in [5, 5.41) is 6.43. The maximum atomic E-state index is 12.6. The average Bonchev–Trinajstić information content (AvgIpc) is 2.39. The van der Waals surface area contributed by atoms with Gasteiger partial charge < -0.3 is 20.1 Å². The summed E-state index contributed by atoms with van der Waals surface area (Å²) in [6.45, 7) is 6.95. The lowest BCUT2D eigenvalue weighted by molar-refractivity contribution is -0.137. The fraction of sp³-hybridized carbons (Fsp3) is 0.929. The molecule has 1 heterocycles. The fourth-order valence-corrected chi connectivity index (χ4v) is 2.52. The number of nitrogens with one attached hydrogen (secondary N) is 2. The fourth-order valence-electron chi connectivity index (χ4n) is 2.52. The zero-order chi connectivity index (χ0) is 14.3. The highest BCUT2D eigenvalue weighted by atomic mass is 16.5. The summed E-state index contributed by atoms with van der Waals surface area (Å²) in [7, 11) is 3.32. The smallest absolute Gasteiger partial charge is 0.228 e. The molecule has 2 N–H and O–H groups in total. The Morgan fingerprint density at radius 3 is 2.37 bits per heavy atom. The van der Waals surface area contributed by atoms with Crippen LogP contribution < -0.4 is 10.6 Å². The molecule has 0 radical (unpaired) electrons. The molecule has 0 spiro atoms. The van der Waals surface area contributed by atoms with Gasteiger partial charge in [-0.3, -0.25) is 4.79 Å². The van der Waals surface area contributed by atoms with Crippen molar-refractivity contribution in [3.8, 4) is 0 Å². The zero-order valence-electron chi connectivity index (χ0n) is 12.6. The first-order valence-electron chi connectivity index (χ1n) is 7.05. The molecule has 0 aromatic rings. The van der Waals surface area contributed by atoms with Gasteiger partial charge in [-0.2, -0.15) is 0 Å². The van der Waals surface area contributed by atoms with Gasteiger partial charge in [0.05, 0.1) is 24.7 Å². The van der Waals surface area contributed by atoms with Gasteiger partial charge in [0.1, 0.15) is 0 Å². The summed E-state index contributed by atoms with van der Waals surface area (Å²) < 4.78 is 10.5. The SMILES string of the molecule is COCC(NC(=O)C1(COC)CCNCC1)C(C)C. The first-order valence-corrected chi connectivity index (χ1v) is 7.05. The quantitative estimate of drug-likeness (QED) is 0.719. The Labute approximate surface area is 116 Å². The Bertz CT molecular complexity index is 270. The van der Waals surface area contributed by atoms with Gasteiger partial charge in [-0.15, -0.1) is 0 Å². The zero-order valence-corrected chi connectivity index (χ0v) is 12.6. The Kier molecular flexibility index (Phi) is 6.75. The summed E-state index contributed by atoms with van der Waals surface area (Å²) in [6, 6.07) is 0.0566. The lowest BCUT2D eigenvalue weighted by Gasteiger charge is -2.37. The number of hydrogen-bond acceptors (Lipinski definition) is 4. The largest absolute Gasteiger partial charge is 0.384 e. The van der Waals surface area contributed by atoms with Gasteiger partial charge in [-0.05, 0) is 31.8 Å². The van der Waals surface area contributed by atoms with Crippen molar-refractivity contribution in [1.29, 1.82) is 0 Å². The highest BCUT2D eigenvalue weighted by molar-refractivity contribution is 5.83. The molecule has 1 fully saturated rings. The highest BCUT2D eigenvalue weighted by Gasteiger charge is 2.40. The van der Waals surface area contributed by atoms with E-state index in [2.05, 4.69) is 24.5 Å². The van der Waals surface area contributed by atoms with Crippen LogP contribution in [0.3, 0.4) is 0 Å². The van der Waals surface area contributed by atoms with Crippen molar-refractivity contribution in [2.75, 3.05) is 40.5 Å². The topological polar surface area (TPSA) is 59.6 Å². The normalized spacial score (nSPS) is 20.3. The summed E-state index contributed by atoms with van der Waals surface area (Å²) in [5.41, 5.74) is -0.388. The van der Waals surface area contributed by atoms with Gasteiger partial charge in [-0.1, -0.05) is 13.8 Å². The first-order chi connectivity index (χ1) is 9.05. The van der Waals surface area contributed by atoms with E-state index >= 15 is 0 Å². The predicted molar refractivity (Wildman–Crippen MR) is 75.1 cm³/mol. The predicted octanol–water partition coefficient (Wildman–Crippen LogP) is 0.790. The molecule has 5 heteroatoms. The molecule has 1 amide bonds. The summed E-state index contributed by atoms with van der Waals surface area (Å²) in [5.74, 6) is 0.455. The molecule has 1 rings (SSSR count). The number of ether oxygens (including phenoxy) is 2. The van der Waals surface area contributed by atoms with Crippen LogP contribution in [0.4, 0.5) is 0 Å². The number of hydrogen-bond donors (Lipinski definition) is 2. The van der Waals surface area contributed by atoms with Crippen LogP contribution in [0, 0.1) is 11.3 Å². The minimum absolute atomic E-state index is 0.0566. The maximum Gasteiger partial charge on any atom is 0.228 e. The van der Waals surface area contributed by atoms with Crippen molar-refractivity contribution in [1.82, 2.24) is 10.6 Å². The average molecular weight is 272 g/mol. The molecule has 0 aliphatic carbocycles. The number of piperidine rings is 1. The van der Waals surface area contributed by atoms with Crippen molar-refractivity contribution in [3.05, 3.63) is 0 Å². The van der Waals surface area contributed by atoms with Gasteiger partial charge in [0, 0.05) is 14.2 Å².